The van der Waals surface area contributed by atoms with Gasteiger partial charge in [0.05, 0.1) is 17.8 Å². The van der Waals surface area contributed by atoms with Crippen molar-refractivity contribution in [1.29, 1.82) is 0 Å². The molecule has 4 heterocycles. The molecule has 0 saturated carbocycles. The van der Waals surface area contributed by atoms with Gasteiger partial charge in [0.25, 0.3) is 0 Å². The Morgan fingerprint density at radius 1 is 1.40 bits per heavy atom. The summed E-state index contributed by atoms with van der Waals surface area (Å²) in [6.07, 6.45) is 5.43. The van der Waals surface area contributed by atoms with Gasteiger partial charge in [0, 0.05) is 30.9 Å². The van der Waals surface area contributed by atoms with Crippen molar-refractivity contribution in [1.82, 2.24) is 25.2 Å². The number of hydrogen-bond acceptors (Lipinski definition) is 5. The van der Waals surface area contributed by atoms with Crippen LogP contribution in [0.25, 0.3) is 5.65 Å². The lowest BCUT2D eigenvalue weighted by Gasteiger charge is -2.21. The van der Waals surface area contributed by atoms with E-state index in [1.807, 2.05) is 17.6 Å². The highest BCUT2D eigenvalue weighted by atomic mass is 16.4. The molecule has 8 nitrogen and oxygen atoms in total. The summed E-state index contributed by atoms with van der Waals surface area (Å²) >= 11 is 0. The van der Waals surface area contributed by atoms with E-state index in [1.165, 1.54) is 12.8 Å². The molecule has 134 valence electrons. The SMILES string of the molecule is Cc1cn2nc([C@@H]3CCCCN3)cc2nc1N1CC[C@H](NC(=O)O)C1. The summed E-state index contributed by atoms with van der Waals surface area (Å²) in [4.78, 5) is 17.8. The van der Waals surface area contributed by atoms with Gasteiger partial charge in [0.1, 0.15) is 5.82 Å². The molecule has 2 aromatic heterocycles. The first-order valence-corrected chi connectivity index (χ1v) is 8.95. The van der Waals surface area contributed by atoms with Gasteiger partial charge in [-0.05, 0) is 32.7 Å². The molecule has 0 radical (unpaired) electrons. The molecular weight excluding hydrogens is 320 g/mol. The van der Waals surface area contributed by atoms with Crippen LogP contribution in [0.3, 0.4) is 0 Å². The molecule has 8 heteroatoms. The van der Waals surface area contributed by atoms with Gasteiger partial charge in [-0.15, -0.1) is 0 Å². The lowest BCUT2D eigenvalue weighted by atomic mass is 10.0. The van der Waals surface area contributed by atoms with Crippen LogP contribution in [-0.2, 0) is 0 Å². The summed E-state index contributed by atoms with van der Waals surface area (Å²) in [7, 11) is 0. The van der Waals surface area contributed by atoms with Crippen LogP contribution in [0, 0.1) is 6.92 Å². The van der Waals surface area contributed by atoms with Gasteiger partial charge >= 0.3 is 6.09 Å². The van der Waals surface area contributed by atoms with E-state index in [4.69, 9.17) is 15.2 Å². The normalized spacial score (nSPS) is 24.0. The second-order valence-electron chi connectivity index (χ2n) is 7.00. The average Bonchev–Trinajstić information content (AvgIpc) is 3.20. The smallest absolute Gasteiger partial charge is 0.404 e. The number of nitrogens with one attached hydrogen (secondary N) is 2. The Kier molecular flexibility index (Phi) is 4.20. The molecule has 2 fully saturated rings. The number of carbonyl (C=O) groups is 1. The number of rotatable bonds is 3. The second-order valence-corrected chi connectivity index (χ2v) is 7.00. The van der Waals surface area contributed by atoms with E-state index in [0.29, 0.717) is 12.6 Å². The Labute approximate surface area is 146 Å². The first-order chi connectivity index (χ1) is 12.1. The maximum absolute atomic E-state index is 10.8. The molecule has 25 heavy (non-hydrogen) atoms. The van der Waals surface area contributed by atoms with Crippen molar-refractivity contribution in [2.75, 3.05) is 24.5 Å². The zero-order valence-electron chi connectivity index (χ0n) is 14.4. The molecule has 0 aliphatic carbocycles. The fraction of sp³-hybridized carbons (Fsp3) is 0.588. The molecule has 0 aromatic carbocycles. The van der Waals surface area contributed by atoms with Crippen LogP contribution in [0.15, 0.2) is 12.3 Å². The predicted molar refractivity (Wildman–Crippen MR) is 94.1 cm³/mol. The summed E-state index contributed by atoms with van der Waals surface area (Å²) in [5, 5.41) is 19.7. The number of nitrogens with zero attached hydrogens (tertiary/aromatic N) is 4. The molecule has 0 bridgehead atoms. The van der Waals surface area contributed by atoms with Crippen molar-refractivity contribution >= 4 is 17.6 Å². The number of fused-ring (bicyclic) bond motifs is 1. The molecule has 0 unspecified atom stereocenters. The third-order valence-electron chi connectivity index (χ3n) is 5.11. The van der Waals surface area contributed by atoms with E-state index in [0.717, 1.165) is 48.7 Å². The Hall–Kier alpha value is -2.35. The second kappa shape index (κ2) is 6.51. The van der Waals surface area contributed by atoms with Gasteiger partial charge in [-0.2, -0.15) is 5.10 Å². The average molecular weight is 344 g/mol. The van der Waals surface area contributed by atoms with Gasteiger partial charge < -0.3 is 20.6 Å². The molecule has 0 spiro atoms. The van der Waals surface area contributed by atoms with Crippen LogP contribution in [0.2, 0.25) is 0 Å². The number of aromatic nitrogens is 3. The largest absolute Gasteiger partial charge is 0.465 e. The molecular formula is C17H24N6O2. The van der Waals surface area contributed by atoms with Crippen LogP contribution in [0.4, 0.5) is 10.6 Å². The van der Waals surface area contributed by atoms with Crippen LogP contribution >= 0.6 is 0 Å². The third-order valence-corrected chi connectivity index (χ3v) is 5.11. The minimum atomic E-state index is -0.965. The zero-order chi connectivity index (χ0) is 17.4. The monoisotopic (exact) mass is 344 g/mol. The summed E-state index contributed by atoms with van der Waals surface area (Å²) in [6, 6.07) is 2.34. The summed E-state index contributed by atoms with van der Waals surface area (Å²) in [5.74, 6) is 0.922. The molecule has 2 atom stereocenters. The number of piperidine rings is 1. The van der Waals surface area contributed by atoms with Gasteiger partial charge in [-0.25, -0.2) is 14.3 Å². The Bertz CT molecular complexity index is 783. The Morgan fingerprint density at radius 3 is 3.04 bits per heavy atom. The standard InChI is InChI=1S/C17H24N6O2/c1-11-9-23-15(8-14(21-23)13-4-2-3-6-18-13)20-16(11)22-7-5-12(10-22)19-17(24)25/h8-9,12-13,18-19H,2-7,10H2,1H3,(H,24,25)/t12-,13-/m0/s1. The molecule has 2 aliphatic rings. The number of carboxylic acid groups (broad SMARTS) is 1. The van der Waals surface area contributed by atoms with Crippen molar-refractivity contribution in [3.05, 3.63) is 23.5 Å². The molecule has 1 amide bonds. The highest BCUT2D eigenvalue weighted by molar-refractivity contribution is 5.65. The fourth-order valence-electron chi connectivity index (χ4n) is 3.86. The van der Waals surface area contributed by atoms with E-state index in [1.54, 1.807) is 0 Å². The number of anilines is 1. The molecule has 3 N–H and O–H groups in total. The lowest BCUT2D eigenvalue weighted by Crippen LogP contribution is -2.36. The van der Waals surface area contributed by atoms with E-state index in [-0.39, 0.29) is 6.04 Å². The number of aryl methyl sites for hydroxylation is 1. The molecule has 2 saturated heterocycles. The third kappa shape index (κ3) is 3.26. The highest BCUT2D eigenvalue weighted by Gasteiger charge is 2.26. The van der Waals surface area contributed by atoms with Crippen LogP contribution < -0.4 is 15.5 Å². The quantitative estimate of drug-likeness (QED) is 0.784. The summed E-state index contributed by atoms with van der Waals surface area (Å²) in [6.45, 7) is 4.53. The fourth-order valence-corrected chi connectivity index (χ4v) is 3.86. The topological polar surface area (TPSA) is 94.8 Å². The molecule has 4 rings (SSSR count). The van der Waals surface area contributed by atoms with Crippen molar-refractivity contribution in [2.45, 2.75) is 44.7 Å². The van der Waals surface area contributed by atoms with E-state index in [2.05, 4.69) is 21.6 Å². The maximum atomic E-state index is 10.8. The Balaban J connectivity index is 1.58. The Morgan fingerprint density at radius 2 is 2.28 bits per heavy atom. The van der Waals surface area contributed by atoms with E-state index < -0.39 is 6.09 Å². The lowest BCUT2D eigenvalue weighted by molar-refractivity contribution is 0.191. The molecule has 2 aliphatic heterocycles. The minimum Gasteiger partial charge on any atom is -0.465 e. The predicted octanol–water partition coefficient (Wildman–Crippen LogP) is 1.70. The zero-order valence-corrected chi connectivity index (χ0v) is 14.4. The van der Waals surface area contributed by atoms with Crippen molar-refractivity contribution in [3.8, 4) is 0 Å². The summed E-state index contributed by atoms with van der Waals surface area (Å²) in [5.41, 5.74) is 2.95. The first-order valence-electron chi connectivity index (χ1n) is 8.95. The van der Waals surface area contributed by atoms with Gasteiger partial charge in [-0.3, -0.25) is 0 Å². The van der Waals surface area contributed by atoms with Gasteiger partial charge in [0.2, 0.25) is 0 Å². The van der Waals surface area contributed by atoms with Crippen LogP contribution in [0.5, 0.6) is 0 Å². The van der Waals surface area contributed by atoms with Crippen LogP contribution in [0.1, 0.15) is 43.0 Å². The van der Waals surface area contributed by atoms with Crippen molar-refractivity contribution in [3.63, 3.8) is 0 Å². The van der Waals surface area contributed by atoms with E-state index >= 15 is 0 Å². The maximum Gasteiger partial charge on any atom is 0.404 e. The number of hydrogen-bond donors (Lipinski definition) is 3. The van der Waals surface area contributed by atoms with Crippen LogP contribution in [-0.4, -0.2) is 51.5 Å². The summed E-state index contributed by atoms with van der Waals surface area (Å²) < 4.78 is 1.85. The number of amides is 1. The van der Waals surface area contributed by atoms with E-state index in [9.17, 15) is 4.79 Å². The highest BCUT2D eigenvalue weighted by Crippen LogP contribution is 2.26. The van der Waals surface area contributed by atoms with Gasteiger partial charge in [0.15, 0.2) is 5.65 Å². The van der Waals surface area contributed by atoms with Crippen molar-refractivity contribution in [2.24, 2.45) is 0 Å². The van der Waals surface area contributed by atoms with Crippen molar-refractivity contribution < 1.29 is 9.90 Å². The van der Waals surface area contributed by atoms with Gasteiger partial charge in [-0.1, -0.05) is 6.42 Å². The minimum absolute atomic E-state index is 0.0400. The molecule has 2 aromatic rings. The first kappa shape index (κ1) is 16.1.